The topological polar surface area (TPSA) is 84.6 Å². The first-order chi connectivity index (χ1) is 6.79. The lowest BCUT2D eigenvalue weighted by atomic mass is 10.2. The maximum absolute atomic E-state index is 11.2. The zero-order chi connectivity index (χ0) is 10.4. The number of benzene rings is 1. The van der Waals surface area contributed by atoms with Crippen LogP contribution in [-0.4, -0.2) is 24.2 Å². The van der Waals surface area contributed by atoms with Crippen LogP contribution in [0.25, 0.3) is 0 Å². The second-order valence-corrected chi connectivity index (χ2v) is 2.54. The van der Waals surface area contributed by atoms with E-state index in [1.54, 1.807) is 24.3 Å². The number of carbonyl (C=O) groups is 1. The summed E-state index contributed by atoms with van der Waals surface area (Å²) in [4.78, 5) is 11.2. The zero-order valence-electron chi connectivity index (χ0n) is 7.56. The summed E-state index contributed by atoms with van der Waals surface area (Å²) in [5, 5.41) is 8.56. The molecule has 4 N–H and O–H groups in total. The van der Waals surface area contributed by atoms with E-state index in [4.69, 9.17) is 15.7 Å². The van der Waals surface area contributed by atoms with Crippen LogP contribution in [0.5, 0.6) is 5.75 Å². The first-order valence-corrected chi connectivity index (χ1v) is 4.13. The van der Waals surface area contributed by atoms with E-state index in [1.165, 1.54) is 0 Å². The predicted octanol–water partition coefficient (Wildman–Crippen LogP) is -0.339. The molecule has 0 spiro atoms. The molecule has 0 aromatic heterocycles. The van der Waals surface area contributed by atoms with Crippen molar-refractivity contribution >= 4 is 5.91 Å². The summed E-state index contributed by atoms with van der Waals surface area (Å²) in [5.41, 5.74) is 2.37. The maximum atomic E-state index is 11.2. The molecule has 0 bridgehead atoms. The molecule has 0 aliphatic carbocycles. The molecule has 0 unspecified atom stereocenters. The summed E-state index contributed by atoms with van der Waals surface area (Å²) in [6.07, 6.45) is 0. The van der Waals surface area contributed by atoms with Gasteiger partial charge in [0.25, 0.3) is 5.91 Å². The van der Waals surface area contributed by atoms with Crippen molar-refractivity contribution in [2.75, 3.05) is 13.2 Å². The Morgan fingerprint density at radius 3 is 2.86 bits per heavy atom. The van der Waals surface area contributed by atoms with Gasteiger partial charge in [0.2, 0.25) is 0 Å². The highest BCUT2D eigenvalue weighted by Gasteiger charge is 2.09. The van der Waals surface area contributed by atoms with Crippen molar-refractivity contribution in [3.8, 4) is 5.75 Å². The Hall–Kier alpha value is -1.59. The number of carbonyl (C=O) groups excluding carboxylic acids is 1. The fourth-order valence-electron chi connectivity index (χ4n) is 1.01. The molecule has 0 saturated heterocycles. The van der Waals surface area contributed by atoms with Crippen molar-refractivity contribution in [2.45, 2.75) is 0 Å². The van der Waals surface area contributed by atoms with Gasteiger partial charge in [-0.1, -0.05) is 12.1 Å². The standard InChI is InChI=1S/C9H12N2O3/c10-11-9(13)7-3-1-2-4-8(7)14-6-5-12/h1-4,12H,5-6,10H2,(H,11,13). The summed E-state index contributed by atoms with van der Waals surface area (Å²) in [6.45, 7) is 0.0491. The summed E-state index contributed by atoms with van der Waals surface area (Å²) in [6, 6.07) is 6.67. The van der Waals surface area contributed by atoms with Crippen molar-refractivity contribution in [3.05, 3.63) is 29.8 Å². The Balaban J connectivity index is 2.85. The van der Waals surface area contributed by atoms with E-state index in [2.05, 4.69) is 0 Å². The van der Waals surface area contributed by atoms with Crippen LogP contribution in [0.2, 0.25) is 0 Å². The number of hydrogen-bond donors (Lipinski definition) is 3. The van der Waals surface area contributed by atoms with Crippen molar-refractivity contribution in [1.29, 1.82) is 0 Å². The molecule has 0 heterocycles. The van der Waals surface area contributed by atoms with Crippen molar-refractivity contribution in [1.82, 2.24) is 5.43 Å². The van der Waals surface area contributed by atoms with E-state index in [-0.39, 0.29) is 13.2 Å². The van der Waals surface area contributed by atoms with E-state index in [0.717, 1.165) is 0 Å². The number of ether oxygens (including phenoxy) is 1. The molecule has 0 atom stereocenters. The Morgan fingerprint density at radius 2 is 2.21 bits per heavy atom. The number of hydrogen-bond acceptors (Lipinski definition) is 4. The molecule has 5 heteroatoms. The molecule has 5 nitrogen and oxygen atoms in total. The highest BCUT2D eigenvalue weighted by Crippen LogP contribution is 2.17. The largest absolute Gasteiger partial charge is 0.490 e. The molecule has 0 saturated carbocycles. The third kappa shape index (κ3) is 2.45. The number of amides is 1. The van der Waals surface area contributed by atoms with E-state index in [1.807, 2.05) is 5.43 Å². The smallest absolute Gasteiger partial charge is 0.268 e. The van der Waals surface area contributed by atoms with Gasteiger partial charge in [-0.25, -0.2) is 5.84 Å². The van der Waals surface area contributed by atoms with Crippen LogP contribution >= 0.6 is 0 Å². The number of rotatable bonds is 4. The van der Waals surface area contributed by atoms with Gasteiger partial charge >= 0.3 is 0 Å². The number of hydrazine groups is 1. The summed E-state index contributed by atoms with van der Waals surface area (Å²) in [7, 11) is 0. The third-order valence-corrected chi connectivity index (χ3v) is 1.61. The van der Waals surface area contributed by atoms with Crippen molar-refractivity contribution in [3.63, 3.8) is 0 Å². The van der Waals surface area contributed by atoms with E-state index in [0.29, 0.717) is 11.3 Å². The van der Waals surface area contributed by atoms with Gasteiger partial charge in [0.05, 0.1) is 12.2 Å². The molecular formula is C9H12N2O3. The van der Waals surface area contributed by atoms with Gasteiger partial charge in [-0.05, 0) is 12.1 Å². The molecule has 76 valence electrons. The van der Waals surface area contributed by atoms with Gasteiger partial charge in [-0.15, -0.1) is 0 Å². The van der Waals surface area contributed by atoms with Crippen molar-refractivity contribution < 1.29 is 14.6 Å². The van der Waals surface area contributed by atoms with E-state index < -0.39 is 5.91 Å². The van der Waals surface area contributed by atoms with Crippen LogP contribution < -0.4 is 16.0 Å². The molecule has 0 aliphatic heterocycles. The molecule has 0 radical (unpaired) electrons. The quantitative estimate of drug-likeness (QED) is 0.349. The average molecular weight is 196 g/mol. The predicted molar refractivity (Wildman–Crippen MR) is 50.7 cm³/mol. The number of aliphatic hydroxyl groups excluding tert-OH is 1. The Morgan fingerprint density at radius 1 is 1.50 bits per heavy atom. The van der Waals surface area contributed by atoms with Gasteiger partial charge < -0.3 is 9.84 Å². The molecule has 14 heavy (non-hydrogen) atoms. The lowest BCUT2D eigenvalue weighted by Crippen LogP contribution is -2.30. The lowest BCUT2D eigenvalue weighted by Gasteiger charge is -2.08. The van der Waals surface area contributed by atoms with E-state index in [9.17, 15) is 4.79 Å². The molecule has 1 aromatic carbocycles. The first-order valence-electron chi connectivity index (χ1n) is 4.13. The second-order valence-electron chi connectivity index (χ2n) is 2.54. The Bertz CT molecular complexity index is 315. The van der Waals surface area contributed by atoms with Gasteiger partial charge in [0.1, 0.15) is 12.4 Å². The fourth-order valence-corrected chi connectivity index (χ4v) is 1.01. The number of nitrogen functional groups attached to an aromatic ring is 1. The first kappa shape index (κ1) is 10.5. The molecule has 1 aromatic rings. The highest BCUT2D eigenvalue weighted by molar-refractivity contribution is 5.96. The number of nitrogens with one attached hydrogen (secondary N) is 1. The van der Waals surface area contributed by atoms with Crippen LogP contribution in [0, 0.1) is 0 Å². The molecular weight excluding hydrogens is 184 g/mol. The van der Waals surface area contributed by atoms with E-state index >= 15 is 0 Å². The van der Waals surface area contributed by atoms with Gasteiger partial charge in [-0.3, -0.25) is 10.2 Å². The second kappa shape index (κ2) is 5.21. The fraction of sp³-hybridized carbons (Fsp3) is 0.222. The highest BCUT2D eigenvalue weighted by atomic mass is 16.5. The zero-order valence-corrected chi connectivity index (χ0v) is 7.56. The number of para-hydroxylation sites is 1. The number of nitrogens with two attached hydrogens (primary N) is 1. The van der Waals surface area contributed by atoms with Crippen LogP contribution in [0.3, 0.4) is 0 Å². The molecule has 0 aliphatic rings. The van der Waals surface area contributed by atoms with Gasteiger partial charge in [-0.2, -0.15) is 0 Å². The van der Waals surface area contributed by atoms with Crippen LogP contribution in [0.15, 0.2) is 24.3 Å². The SMILES string of the molecule is NNC(=O)c1ccccc1OCCO. The van der Waals surface area contributed by atoms with Gasteiger partial charge in [0.15, 0.2) is 0 Å². The summed E-state index contributed by atoms with van der Waals surface area (Å²) in [5.74, 6) is 4.99. The van der Waals surface area contributed by atoms with Gasteiger partial charge in [0, 0.05) is 0 Å². The minimum absolute atomic E-state index is 0.0986. The average Bonchev–Trinajstić information content (AvgIpc) is 2.25. The monoisotopic (exact) mass is 196 g/mol. The minimum atomic E-state index is -0.418. The Labute approximate surface area is 81.5 Å². The third-order valence-electron chi connectivity index (χ3n) is 1.61. The van der Waals surface area contributed by atoms with Crippen LogP contribution in [0.4, 0.5) is 0 Å². The Kier molecular flexibility index (Phi) is 3.90. The van der Waals surface area contributed by atoms with Crippen LogP contribution in [0.1, 0.15) is 10.4 Å². The summed E-state index contributed by atoms with van der Waals surface area (Å²) < 4.78 is 5.14. The summed E-state index contributed by atoms with van der Waals surface area (Å²) >= 11 is 0. The molecule has 1 amide bonds. The molecule has 1 rings (SSSR count). The van der Waals surface area contributed by atoms with Crippen molar-refractivity contribution in [2.24, 2.45) is 5.84 Å². The maximum Gasteiger partial charge on any atom is 0.268 e. The lowest BCUT2D eigenvalue weighted by molar-refractivity contribution is 0.0948. The minimum Gasteiger partial charge on any atom is -0.490 e. The molecule has 0 fully saturated rings. The number of aliphatic hydroxyl groups is 1. The van der Waals surface area contributed by atoms with Crippen LogP contribution in [-0.2, 0) is 0 Å². The normalized spacial score (nSPS) is 9.57.